The normalized spacial score (nSPS) is 10.9. The molecule has 2 N–H and O–H groups in total. The van der Waals surface area contributed by atoms with Gasteiger partial charge in [0.25, 0.3) is 5.56 Å². The van der Waals surface area contributed by atoms with Crippen LogP contribution in [0.3, 0.4) is 0 Å². The zero-order valence-electron chi connectivity index (χ0n) is 14.6. The van der Waals surface area contributed by atoms with Gasteiger partial charge >= 0.3 is 0 Å². The van der Waals surface area contributed by atoms with Gasteiger partial charge in [-0.05, 0) is 24.5 Å². The van der Waals surface area contributed by atoms with Crippen molar-refractivity contribution in [2.75, 3.05) is 20.8 Å². The first-order valence-corrected chi connectivity index (χ1v) is 7.99. The highest BCUT2D eigenvalue weighted by molar-refractivity contribution is 5.83. The molecule has 0 saturated carbocycles. The summed E-state index contributed by atoms with van der Waals surface area (Å²) in [4.78, 5) is 26.7. The van der Waals surface area contributed by atoms with Crippen LogP contribution in [0.25, 0.3) is 10.9 Å². The second-order valence-corrected chi connectivity index (χ2v) is 6.12. The molecule has 6 nitrogen and oxygen atoms in total. The molecule has 6 heteroatoms. The van der Waals surface area contributed by atoms with Crippen LogP contribution >= 0.6 is 0 Å². The molecule has 0 saturated heterocycles. The summed E-state index contributed by atoms with van der Waals surface area (Å²) in [5.74, 6) is 1.49. The van der Waals surface area contributed by atoms with Gasteiger partial charge in [-0.15, -0.1) is 0 Å². The Kier molecular flexibility index (Phi) is 5.84. The smallest absolute Gasteiger partial charge is 0.251 e. The van der Waals surface area contributed by atoms with Crippen molar-refractivity contribution in [2.45, 2.75) is 26.7 Å². The van der Waals surface area contributed by atoms with E-state index in [-0.39, 0.29) is 11.5 Å². The number of amides is 1. The van der Waals surface area contributed by atoms with Crippen LogP contribution < -0.4 is 20.3 Å². The summed E-state index contributed by atoms with van der Waals surface area (Å²) in [7, 11) is 3.12. The lowest BCUT2D eigenvalue weighted by molar-refractivity contribution is -0.121. The predicted octanol–water partition coefficient (Wildman–Crippen LogP) is 2.25. The minimum absolute atomic E-state index is 0.00798. The number of aromatic nitrogens is 1. The number of benzene rings is 1. The number of nitrogens with one attached hydrogen (secondary N) is 2. The molecule has 0 aliphatic carbocycles. The van der Waals surface area contributed by atoms with Crippen molar-refractivity contribution in [1.82, 2.24) is 10.3 Å². The zero-order valence-corrected chi connectivity index (χ0v) is 14.6. The van der Waals surface area contributed by atoms with Gasteiger partial charge in [-0.25, -0.2) is 0 Å². The fourth-order valence-corrected chi connectivity index (χ4v) is 2.54. The Hall–Kier alpha value is -2.50. The minimum Gasteiger partial charge on any atom is -0.493 e. The summed E-state index contributed by atoms with van der Waals surface area (Å²) < 4.78 is 10.5. The summed E-state index contributed by atoms with van der Waals surface area (Å²) in [6.07, 6.45) is 0.967. The molecule has 1 aromatic carbocycles. The molecule has 0 unspecified atom stereocenters. The molecule has 0 aliphatic rings. The predicted molar refractivity (Wildman–Crippen MR) is 93.8 cm³/mol. The number of ether oxygens (including phenoxy) is 2. The van der Waals surface area contributed by atoms with E-state index in [1.165, 1.54) is 0 Å². The number of carbonyl (C=O) groups is 1. The number of methoxy groups -OCH3 is 2. The molecule has 24 heavy (non-hydrogen) atoms. The average Bonchev–Trinajstić information content (AvgIpc) is 2.53. The number of carbonyl (C=O) groups excluding carboxylic acids is 1. The van der Waals surface area contributed by atoms with E-state index in [0.717, 1.165) is 5.39 Å². The molecule has 0 atom stereocenters. The van der Waals surface area contributed by atoms with E-state index in [2.05, 4.69) is 10.3 Å². The third-order valence-corrected chi connectivity index (χ3v) is 3.74. The molecule has 2 rings (SSSR count). The van der Waals surface area contributed by atoms with Gasteiger partial charge in [0.15, 0.2) is 11.5 Å². The highest BCUT2D eigenvalue weighted by Gasteiger charge is 2.10. The van der Waals surface area contributed by atoms with E-state index in [0.29, 0.717) is 47.9 Å². The number of hydrogen-bond donors (Lipinski definition) is 2. The lowest BCUT2D eigenvalue weighted by Gasteiger charge is -2.10. The molecule has 0 spiro atoms. The maximum Gasteiger partial charge on any atom is 0.251 e. The Bertz CT molecular complexity index is 780. The van der Waals surface area contributed by atoms with Crippen LogP contribution in [0.4, 0.5) is 0 Å². The average molecular weight is 332 g/mol. The Morgan fingerprint density at radius 2 is 1.83 bits per heavy atom. The summed E-state index contributed by atoms with van der Waals surface area (Å²) in [5.41, 5.74) is 1.15. The first-order chi connectivity index (χ1) is 11.4. The quantitative estimate of drug-likeness (QED) is 0.815. The van der Waals surface area contributed by atoms with Crippen LogP contribution in [0.1, 0.15) is 25.8 Å². The molecule has 0 radical (unpaired) electrons. The lowest BCUT2D eigenvalue weighted by atomic mass is 10.1. The molecule has 0 fully saturated rings. The number of rotatable bonds is 7. The monoisotopic (exact) mass is 332 g/mol. The number of pyridine rings is 1. The van der Waals surface area contributed by atoms with Crippen LogP contribution in [0, 0.1) is 5.92 Å². The van der Waals surface area contributed by atoms with Gasteiger partial charge in [-0.3, -0.25) is 9.59 Å². The molecule has 2 aromatic rings. The number of aromatic amines is 1. The van der Waals surface area contributed by atoms with Gasteiger partial charge in [0.1, 0.15) is 0 Å². The number of H-pyrrole nitrogens is 1. The van der Waals surface area contributed by atoms with Crippen molar-refractivity contribution in [3.8, 4) is 11.5 Å². The van der Waals surface area contributed by atoms with Crippen LogP contribution in [0.15, 0.2) is 23.0 Å². The topological polar surface area (TPSA) is 80.4 Å². The molecule has 1 heterocycles. The van der Waals surface area contributed by atoms with Crippen LogP contribution in [-0.2, 0) is 11.2 Å². The SMILES string of the molecule is COc1cc2cc(CCNC(=O)CC(C)C)c(=O)[nH]c2cc1OC. The molecule has 1 amide bonds. The molecular formula is C18H24N2O4. The highest BCUT2D eigenvalue weighted by atomic mass is 16.5. The molecule has 0 aliphatic heterocycles. The summed E-state index contributed by atoms with van der Waals surface area (Å²) >= 11 is 0. The van der Waals surface area contributed by atoms with Crippen molar-refractivity contribution >= 4 is 16.8 Å². The third-order valence-electron chi connectivity index (χ3n) is 3.74. The Morgan fingerprint density at radius 3 is 2.46 bits per heavy atom. The minimum atomic E-state index is -0.159. The first kappa shape index (κ1) is 17.8. The van der Waals surface area contributed by atoms with E-state index >= 15 is 0 Å². The van der Waals surface area contributed by atoms with E-state index in [4.69, 9.17) is 9.47 Å². The largest absolute Gasteiger partial charge is 0.493 e. The summed E-state index contributed by atoms with van der Waals surface area (Å²) in [6.45, 7) is 4.43. The highest BCUT2D eigenvalue weighted by Crippen LogP contribution is 2.30. The Labute approximate surface area is 141 Å². The first-order valence-electron chi connectivity index (χ1n) is 7.99. The van der Waals surface area contributed by atoms with Crippen molar-refractivity contribution in [3.63, 3.8) is 0 Å². The van der Waals surface area contributed by atoms with E-state index in [1.54, 1.807) is 20.3 Å². The van der Waals surface area contributed by atoms with Crippen molar-refractivity contribution in [2.24, 2.45) is 5.92 Å². The maximum absolute atomic E-state index is 12.2. The lowest BCUT2D eigenvalue weighted by Crippen LogP contribution is -2.28. The van der Waals surface area contributed by atoms with Gasteiger partial charge in [0.05, 0.1) is 19.7 Å². The number of hydrogen-bond acceptors (Lipinski definition) is 4. The van der Waals surface area contributed by atoms with E-state index < -0.39 is 0 Å². The summed E-state index contributed by atoms with van der Waals surface area (Å²) in [6, 6.07) is 5.39. The molecule has 1 aromatic heterocycles. The van der Waals surface area contributed by atoms with Crippen LogP contribution in [0.5, 0.6) is 11.5 Å². The molecule has 0 bridgehead atoms. The fraction of sp³-hybridized carbons (Fsp3) is 0.444. The van der Waals surface area contributed by atoms with Gasteiger partial charge in [-0.2, -0.15) is 0 Å². The van der Waals surface area contributed by atoms with E-state index in [9.17, 15) is 9.59 Å². The number of fused-ring (bicyclic) bond motifs is 1. The zero-order chi connectivity index (χ0) is 17.7. The van der Waals surface area contributed by atoms with Gasteiger partial charge in [-0.1, -0.05) is 13.8 Å². The maximum atomic E-state index is 12.2. The Morgan fingerprint density at radius 1 is 1.17 bits per heavy atom. The van der Waals surface area contributed by atoms with Gasteiger partial charge in [0.2, 0.25) is 5.91 Å². The third kappa shape index (κ3) is 4.28. The van der Waals surface area contributed by atoms with Crippen molar-refractivity contribution in [3.05, 3.63) is 34.1 Å². The van der Waals surface area contributed by atoms with Crippen LogP contribution in [-0.4, -0.2) is 31.7 Å². The van der Waals surface area contributed by atoms with Crippen molar-refractivity contribution in [1.29, 1.82) is 0 Å². The van der Waals surface area contributed by atoms with Crippen molar-refractivity contribution < 1.29 is 14.3 Å². The van der Waals surface area contributed by atoms with E-state index in [1.807, 2.05) is 26.0 Å². The Balaban J connectivity index is 2.18. The summed E-state index contributed by atoms with van der Waals surface area (Å²) in [5, 5.41) is 3.70. The second-order valence-electron chi connectivity index (χ2n) is 6.12. The van der Waals surface area contributed by atoms with Gasteiger partial charge in [0, 0.05) is 30.0 Å². The van der Waals surface area contributed by atoms with Gasteiger partial charge < -0.3 is 19.8 Å². The standard InChI is InChI=1S/C18H24N2O4/c1-11(2)7-17(21)19-6-5-12-8-13-9-15(23-3)16(24-4)10-14(13)20-18(12)22/h8-11H,5-7H2,1-4H3,(H,19,21)(H,20,22). The molecule has 130 valence electrons. The molecular weight excluding hydrogens is 308 g/mol. The fourth-order valence-electron chi connectivity index (χ4n) is 2.54. The van der Waals surface area contributed by atoms with Crippen LogP contribution in [0.2, 0.25) is 0 Å². The second kappa shape index (κ2) is 7.86.